The molecule has 0 radical (unpaired) electrons. The van der Waals surface area contributed by atoms with Crippen molar-refractivity contribution in [1.82, 2.24) is 9.97 Å². The Balaban J connectivity index is 2.46. The summed E-state index contributed by atoms with van der Waals surface area (Å²) in [5.74, 6) is 0. The fourth-order valence-corrected chi connectivity index (χ4v) is 2.34. The fourth-order valence-electron chi connectivity index (χ4n) is 2.07. The van der Waals surface area contributed by atoms with Crippen molar-refractivity contribution in [2.45, 2.75) is 13.3 Å². The van der Waals surface area contributed by atoms with Gasteiger partial charge in [-0.3, -0.25) is 4.98 Å². The monoisotopic (exact) mass is 242 g/mol. The van der Waals surface area contributed by atoms with E-state index in [9.17, 15) is 0 Å². The molecule has 0 aliphatic heterocycles. The third-order valence-electron chi connectivity index (χ3n) is 3.01. The number of benzene rings is 1. The van der Waals surface area contributed by atoms with Crippen molar-refractivity contribution in [3.8, 4) is 0 Å². The molecule has 0 aliphatic rings. The van der Waals surface area contributed by atoms with Gasteiger partial charge in [0.15, 0.2) is 0 Å². The van der Waals surface area contributed by atoms with Gasteiger partial charge >= 0.3 is 0 Å². The van der Waals surface area contributed by atoms with Gasteiger partial charge in [-0.1, -0.05) is 30.7 Å². The number of rotatable bonds is 1. The first-order chi connectivity index (χ1) is 8.29. The van der Waals surface area contributed by atoms with E-state index < -0.39 is 0 Å². The molecule has 0 amide bonds. The number of nitrogens with zero attached hydrogens (tertiary/aromatic N) is 2. The van der Waals surface area contributed by atoms with E-state index in [1.165, 1.54) is 0 Å². The molecule has 3 heteroatoms. The molecule has 3 rings (SSSR count). The molecule has 0 saturated carbocycles. The number of aryl methyl sites for hydroxylation is 1. The first-order valence-electron chi connectivity index (χ1n) is 5.61. The molecular weight excluding hydrogens is 232 g/mol. The van der Waals surface area contributed by atoms with Crippen LogP contribution in [0.2, 0.25) is 5.15 Å². The highest BCUT2D eigenvalue weighted by molar-refractivity contribution is 6.30. The van der Waals surface area contributed by atoms with E-state index in [2.05, 4.69) is 35.1 Å². The molecule has 0 unspecified atom stereocenters. The summed E-state index contributed by atoms with van der Waals surface area (Å²) >= 11 is 6.17. The average Bonchev–Trinajstić information content (AvgIpc) is 2.38. The molecule has 2 aromatic heterocycles. The lowest BCUT2D eigenvalue weighted by Gasteiger charge is -2.06. The maximum absolute atomic E-state index is 6.17. The van der Waals surface area contributed by atoms with Gasteiger partial charge < -0.3 is 0 Å². The van der Waals surface area contributed by atoms with Gasteiger partial charge in [0.25, 0.3) is 0 Å². The van der Waals surface area contributed by atoms with Gasteiger partial charge in [0.2, 0.25) is 0 Å². The van der Waals surface area contributed by atoms with Crippen LogP contribution in [0.25, 0.3) is 21.7 Å². The van der Waals surface area contributed by atoms with E-state index in [0.717, 1.165) is 33.7 Å². The number of pyridine rings is 2. The Hall–Kier alpha value is -1.67. The molecule has 0 aliphatic carbocycles. The Morgan fingerprint density at radius 3 is 2.82 bits per heavy atom. The fraction of sp³-hybridized carbons (Fsp3) is 0.143. The topological polar surface area (TPSA) is 25.8 Å². The zero-order valence-electron chi connectivity index (χ0n) is 9.44. The van der Waals surface area contributed by atoms with E-state index in [-0.39, 0.29) is 0 Å². The Kier molecular flexibility index (Phi) is 2.45. The second kappa shape index (κ2) is 3.97. The second-order valence-corrected chi connectivity index (χ2v) is 4.38. The van der Waals surface area contributed by atoms with Crippen molar-refractivity contribution in [3.63, 3.8) is 0 Å². The number of fused-ring (bicyclic) bond motifs is 3. The number of hydrogen-bond donors (Lipinski definition) is 0. The molecule has 0 saturated heterocycles. The minimum Gasteiger partial charge on any atom is -0.264 e. The molecule has 84 valence electrons. The summed E-state index contributed by atoms with van der Waals surface area (Å²) in [7, 11) is 0. The van der Waals surface area contributed by atoms with Crippen molar-refractivity contribution in [3.05, 3.63) is 47.4 Å². The van der Waals surface area contributed by atoms with Crippen LogP contribution in [-0.2, 0) is 6.42 Å². The zero-order valence-corrected chi connectivity index (χ0v) is 10.2. The normalized spacial score (nSPS) is 11.2. The summed E-state index contributed by atoms with van der Waals surface area (Å²) in [5.41, 5.74) is 2.01. The SMILES string of the molecule is CCc1cc2ccc3ccncc3c2nc1Cl. The quantitative estimate of drug-likeness (QED) is 0.476. The van der Waals surface area contributed by atoms with Crippen LogP contribution in [0.3, 0.4) is 0 Å². The van der Waals surface area contributed by atoms with Crippen LogP contribution in [0, 0.1) is 0 Å². The van der Waals surface area contributed by atoms with Crippen LogP contribution >= 0.6 is 11.6 Å². The first kappa shape index (κ1) is 10.5. The molecule has 0 atom stereocenters. The smallest absolute Gasteiger partial charge is 0.132 e. The predicted octanol–water partition coefficient (Wildman–Crippen LogP) is 4.00. The number of halogens is 1. The van der Waals surface area contributed by atoms with Gasteiger partial charge in [-0.15, -0.1) is 0 Å². The lowest BCUT2D eigenvalue weighted by atomic mass is 10.1. The zero-order chi connectivity index (χ0) is 11.8. The van der Waals surface area contributed by atoms with Gasteiger partial charge in [-0.2, -0.15) is 0 Å². The maximum atomic E-state index is 6.17. The molecule has 0 bridgehead atoms. The highest BCUT2D eigenvalue weighted by Gasteiger charge is 2.06. The molecule has 0 spiro atoms. The second-order valence-electron chi connectivity index (χ2n) is 4.03. The number of aromatic nitrogens is 2. The predicted molar refractivity (Wildman–Crippen MR) is 71.4 cm³/mol. The molecule has 17 heavy (non-hydrogen) atoms. The minimum absolute atomic E-state index is 0.594. The van der Waals surface area contributed by atoms with E-state index in [0.29, 0.717) is 5.15 Å². The van der Waals surface area contributed by atoms with Crippen LogP contribution in [0.1, 0.15) is 12.5 Å². The third kappa shape index (κ3) is 1.65. The molecule has 2 heterocycles. The molecule has 3 aromatic rings. The summed E-state index contributed by atoms with van der Waals surface area (Å²) in [6.45, 7) is 2.08. The Morgan fingerprint density at radius 2 is 2.00 bits per heavy atom. The van der Waals surface area contributed by atoms with Crippen molar-refractivity contribution < 1.29 is 0 Å². The van der Waals surface area contributed by atoms with Crippen LogP contribution in [0.5, 0.6) is 0 Å². The van der Waals surface area contributed by atoms with Gasteiger partial charge in [-0.05, 0) is 29.5 Å². The Morgan fingerprint density at radius 1 is 1.18 bits per heavy atom. The van der Waals surface area contributed by atoms with Gasteiger partial charge in [0.1, 0.15) is 5.15 Å². The highest BCUT2D eigenvalue weighted by Crippen LogP contribution is 2.26. The Bertz CT molecular complexity index is 707. The van der Waals surface area contributed by atoms with Crippen LogP contribution in [-0.4, -0.2) is 9.97 Å². The van der Waals surface area contributed by atoms with Crippen molar-refractivity contribution in [2.24, 2.45) is 0 Å². The maximum Gasteiger partial charge on any atom is 0.132 e. The summed E-state index contributed by atoms with van der Waals surface area (Å²) in [4.78, 5) is 8.65. The average molecular weight is 243 g/mol. The summed E-state index contributed by atoms with van der Waals surface area (Å²) in [5, 5.41) is 3.90. The first-order valence-corrected chi connectivity index (χ1v) is 5.99. The van der Waals surface area contributed by atoms with E-state index in [1.807, 2.05) is 12.3 Å². The van der Waals surface area contributed by atoms with Gasteiger partial charge in [-0.25, -0.2) is 4.98 Å². The van der Waals surface area contributed by atoms with Crippen LogP contribution < -0.4 is 0 Å². The lowest BCUT2D eigenvalue weighted by molar-refractivity contribution is 1.12. The minimum atomic E-state index is 0.594. The summed E-state index contributed by atoms with van der Waals surface area (Å²) in [6, 6.07) is 8.27. The van der Waals surface area contributed by atoms with Crippen LogP contribution in [0.4, 0.5) is 0 Å². The van der Waals surface area contributed by atoms with Crippen molar-refractivity contribution in [1.29, 1.82) is 0 Å². The van der Waals surface area contributed by atoms with Crippen LogP contribution in [0.15, 0.2) is 36.7 Å². The summed E-state index contributed by atoms with van der Waals surface area (Å²) < 4.78 is 0. The molecule has 2 nitrogen and oxygen atoms in total. The summed E-state index contributed by atoms with van der Waals surface area (Å²) in [6.07, 6.45) is 4.52. The molecule has 0 fully saturated rings. The highest BCUT2D eigenvalue weighted by atomic mass is 35.5. The largest absolute Gasteiger partial charge is 0.264 e. The molecular formula is C14H11ClN2. The van der Waals surface area contributed by atoms with Crippen molar-refractivity contribution >= 4 is 33.3 Å². The third-order valence-corrected chi connectivity index (χ3v) is 3.34. The van der Waals surface area contributed by atoms with E-state index in [4.69, 9.17) is 11.6 Å². The van der Waals surface area contributed by atoms with E-state index in [1.54, 1.807) is 6.20 Å². The van der Waals surface area contributed by atoms with Gasteiger partial charge in [0.05, 0.1) is 5.52 Å². The number of hydrogen-bond acceptors (Lipinski definition) is 2. The lowest BCUT2D eigenvalue weighted by Crippen LogP contribution is -1.89. The Labute approximate surface area is 104 Å². The molecule has 0 N–H and O–H groups in total. The molecule has 1 aromatic carbocycles. The van der Waals surface area contributed by atoms with Gasteiger partial charge in [0, 0.05) is 23.2 Å². The van der Waals surface area contributed by atoms with E-state index >= 15 is 0 Å². The standard InChI is InChI=1S/C14H11ClN2/c1-2-9-7-11-4-3-10-5-6-16-8-12(10)13(11)17-14(9)15/h3-8H,2H2,1H3. The van der Waals surface area contributed by atoms with Crippen molar-refractivity contribution in [2.75, 3.05) is 0 Å².